The standard InChI is InChI=1S/C14H28N4.HI/c1-3-15-14(17-12-7-5-8-12)16-11-13-9-6-10-18(13)4-2;/h12-13H,3-11H2,1-2H3,(H2,15,16,17);1H. The number of likely N-dealkylation sites (tertiary alicyclic amines) is 1. The maximum atomic E-state index is 4.77. The summed E-state index contributed by atoms with van der Waals surface area (Å²) >= 11 is 0. The van der Waals surface area contributed by atoms with E-state index in [1.165, 1.54) is 38.6 Å². The fraction of sp³-hybridized carbons (Fsp3) is 0.929. The molecule has 0 bridgehead atoms. The summed E-state index contributed by atoms with van der Waals surface area (Å²) in [6, 6.07) is 1.32. The first-order valence-corrected chi connectivity index (χ1v) is 7.62. The molecule has 1 aliphatic carbocycles. The fourth-order valence-electron chi connectivity index (χ4n) is 2.78. The third kappa shape index (κ3) is 5.10. The van der Waals surface area contributed by atoms with Gasteiger partial charge in [0.25, 0.3) is 0 Å². The number of hydrogen-bond donors (Lipinski definition) is 2. The van der Waals surface area contributed by atoms with Crippen LogP contribution in [0.25, 0.3) is 0 Å². The van der Waals surface area contributed by atoms with E-state index in [2.05, 4.69) is 29.4 Å². The minimum atomic E-state index is 0. The Labute approximate surface area is 134 Å². The van der Waals surface area contributed by atoms with Crippen molar-refractivity contribution in [2.45, 2.75) is 58.0 Å². The van der Waals surface area contributed by atoms with E-state index in [9.17, 15) is 0 Å². The van der Waals surface area contributed by atoms with Crippen molar-refractivity contribution in [1.29, 1.82) is 0 Å². The number of nitrogens with zero attached hydrogens (tertiary/aromatic N) is 2. The molecule has 2 aliphatic rings. The van der Waals surface area contributed by atoms with Gasteiger partial charge in [-0.2, -0.15) is 0 Å². The van der Waals surface area contributed by atoms with Gasteiger partial charge in [0.05, 0.1) is 6.54 Å². The highest BCUT2D eigenvalue weighted by Gasteiger charge is 2.23. The van der Waals surface area contributed by atoms with Crippen LogP contribution in [-0.2, 0) is 0 Å². The number of likely N-dealkylation sites (N-methyl/N-ethyl adjacent to an activating group) is 1. The largest absolute Gasteiger partial charge is 0.357 e. The van der Waals surface area contributed by atoms with Crippen molar-refractivity contribution in [3.8, 4) is 0 Å². The monoisotopic (exact) mass is 380 g/mol. The lowest BCUT2D eigenvalue weighted by atomic mass is 9.93. The van der Waals surface area contributed by atoms with Gasteiger partial charge in [-0.1, -0.05) is 6.92 Å². The first kappa shape index (κ1) is 17.0. The molecule has 1 saturated carbocycles. The van der Waals surface area contributed by atoms with Crippen molar-refractivity contribution in [2.24, 2.45) is 4.99 Å². The molecule has 0 amide bonds. The predicted octanol–water partition coefficient (Wildman–Crippen LogP) is 2.20. The van der Waals surface area contributed by atoms with Gasteiger partial charge in [-0.05, 0) is 52.1 Å². The molecule has 5 heteroatoms. The van der Waals surface area contributed by atoms with Crippen molar-refractivity contribution in [3.63, 3.8) is 0 Å². The van der Waals surface area contributed by atoms with Crippen LogP contribution in [0.2, 0.25) is 0 Å². The van der Waals surface area contributed by atoms with Crippen LogP contribution in [0.15, 0.2) is 4.99 Å². The summed E-state index contributed by atoms with van der Waals surface area (Å²) in [5.74, 6) is 1.02. The molecule has 2 rings (SSSR count). The van der Waals surface area contributed by atoms with Gasteiger partial charge in [-0.15, -0.1) is 24.0 Å². The van der Waals surface area contributed by atoms with Crippen LogP contribution in [0.3, 0.4) is 0 Å². The third-order valence-electron chi connectivity index (χ3n) is 4.16. The SMILES string of the molecule is CCNC(=NCC1CCCN1CC)NC1CCC1.I. The summed E-state index contributed by atoms with van der Waals surface area (Å²) in [6.07, 6.45) is 6.61. The Balaban J connectivity index is 0.00000180. The predicted molar refractivity (Wildman–Crippen MR) is 92.4 cm³/mol. The van der Waals surface area contributed by atoms with Crippen LogP contribution in [0, 0.1) is 0 Å². The van der Waals surface area contributed by atoms with E-state index in [4.69, 9.17) is 4.99 Å². The molecule has 1 heterocycles. The van der Waals surface area contributed by atoms with Crippen LogP contribution >= 0.6 is 24.0 Å². The maximum absolute atomic E-state index is 4.77. The van der Waals surface area contributed by atoms with E-state index in [0.29, 0.717) is 12.1 Å². The van der Waals surface area contributed by atoms with Gasteiger partial charge in [-0.25, -0.2) is 0 Å². The highest BCUT2D eigenvalue weighted by Crippen LogP contribution is 2.18. The van der Waals surface area contributed by atoms with E-state index in [1.807, 2.05) is 0 Å². The van der Waals surface area contributed by atoms with Crippen molar-refractivity contribution in [3.05, 3.63) is 0 Å². The second kappa shape index (κ2) is 9.00. The first-order valence-electron chi connectivity index (χ1n) is 7.62. The number of nitrogens with one attached hydrogen (secondary N) is 2. The smallest absolute Gasteiger partial charge is 0.191 e. The lowest BCUT2D eigenvalue weighted by Gasteiger charge is -2.28. The summed E-state index contributed by atoms with van der Waals surface area (Å²) in [5, 5.41) is 6.89. The molecule has 1 aliphatic heterocycles. The fourth-order valence-corrected chi connectivity index (χ4v) is 2.78. The van der Waals surface area contributed by atoms with E-state index in [0.717, 1.165) is 25.6 Å². The van der Waals surface area contributed by atoms with Crippen molar-refractivity contribution in [2.75, 3.05) is 26.2 Å². The quantitative estimate of drug-likeness (QED) is 0.437. The highest BCUT2D eigenvalue weighted by atomic mass is 127. The van der Waals surface area contributed by atoms with Crippen LogP contribution < -0.4 is 10.6 Å². The molecule has 1 saturated heterocycles. The third-order valence-corrected chi connectivity index (χ3v) is 4.16. The molecule has 1 atom stereocenters. The summed E-state index contributed by atoms with van der Waals surface area (Å²) in [5.41, 5.74) is 0. The molecule has 2 N–H and O–H groups in total. The lowest BCUT2D eigenvalue weighted by molar-refractivity contribution is 0.272. The zero-order chi connectivity index (χ0) is 12.8. The maximum Gasteiger partial charge on any atom is 0.191 e. The summed E-state index contributed by atoms with van der Waals surface area (Å²) in [6.45, 7) is 8.68. The molecule has 0 radical (unpaired) electrons. The zero-order valence-electron chi connectivity index (χ0n) is 12.3. The topological polar surface area (TPSA) is 39.7 Å². The number of guanidine groups is 1. The van der Waals surface area contributed by atoms with Gasteiger partial charge in [-0.3, -0.25) is 9.89 Å². The molecule has 1 unspecified atom stereocenters. The molecular weight excluding hydrogens is 351 g/mol. The number of aliphatic imine (C=N–C) groups is 1. The highest BCUT2D eigenvalue weighted by molar-refractivity contribution is 14.0. The van der Waals surface area contributed by atoms with Crippen molar-refractivity contribution < 1.29 is 0 Å². The minimum absolute atomic E-state index is 0. The zero-order valence-corrected chi connectivity index (χ0v) is 14.7. The Hall–Kier alpha value is -0.0400. The number of rotatable bonds is 5. The number of hydrogen-bond acceptors (Lipinski definition) is 2. The van der Waals surface area contributed by atoms with Crippen LogP contribution in [0.1, 0.15) is 46.0 Å². The van der Waals surface area contributed by atoms with E-state index >= 15 is 0 Å². The van der Waals surface area contributed by atoms with Crippen LogP contribution in [0.5, 0.6) is 0 Å². The van der Waals surface area contributed by atoms with Gasteiger partial charge in [0.1, 0.15) is 0 Å². The molecule has 0 spiro atoms. The van der Waals surface area contributed by atoms with E-state index < -0.39 is 0 Å². The molecular formula is C14H29IN4. The second-order valence-electron chi connectivity index (χ2n) is 5.42. The van der Waals surface area contributed by atoms with Gasteiger partial charge in [0.15, 0.2) is 5.96 Å². The van der Waals surface area contributed by atoms with Gasteiger partial charge in [0.2, 0.25) is 0 Å². The average molecular weight is 380 g/mol. The Morgan fingerprint density at radius 1 is 1.21 bits per heavy atom. The van der Waals surface area contributed by atoms with Gasteiger partial charge < -0.3 is 10.6 Å². The Kier molecular flexibility index (Phi) is 8.06. The van der Waals surface area contributed by atoms with Crippen molar-refractivity contribution >= 4 is 29.9 Å². The second-order valence-corrected chi connectivity index (χ2v) is 5.42. The summed E-state index contributed by atoms with van der Waals surface area (Å²) in [7, 11) is 0. The van der Waals surface area contributed by atoms with E-state index in [1.54, 1.807) is 0 Å². The molecule has 4 nitrogen and oxygen atoms in total. The lowest BCUT2D eigenvalue weighted by Crippen LogP contribution is -2.46. The summed E-state index contributed by atoms with van der Waals surface area (Å²) < 4.78 is 0. The molecule has 0 aromatic heterocycles. The molecule has 0 aromatic rings. The van der Waals surface area contributed by atoms with Gasteiger partial charge >= 0.3 is 0 Å². The Morgan fingerprint density at radius 2 is 2.00 bits per heavy atom. The molecule has 0 aromatic carbocycles. The normalized spacial score (nSPS) is 24.7. The Morgan fingerprint density at radius 3 is 2.58 bits per heavy atom. The summed E-state index contributed by atoms with van der Waals surface area (Å²) in [4.78, 5) is 7.32. The van der Waals surface area contributed by atoms with Gasteiger partial charge in [0, 0.05) is 18.6 Å². The first-order chi connectivity index (χ1) is 8.83. The van der Waals surface area contributed by atoms with E-state index in [-0.39, 0.29) is 24.0 Å². The number of halogens is 1. The molecule has 112 valence electrons. The molecule has 2 fully saturated rings. The van der Waals surface area contributed by atoms with Crippen LogP contribution in [0.4, 0.5) is 0 Å². The minimum Gasteiger partial charge on any atom is -0.357 e. The van der Waals surface area contributed by atoms with Crippen LogP contribution in [-0.4, -0.2) is 49.1 Å². The Bertz CT molecular complexity index is 279. The average Bonchev–Trinajstić information content (AvgIpc) is 2.77. The molecule has 19 heavy (non-hydrogen) atoms. The van der Waals surface area contributed by atoms with Crippen molar-refractivity contribution in [1.82, 2.24) is 15.5 Å².